The first kappa shape index (κ1) is 23.8. The van der Waals surface area contributed by atoms with Crippen LogP contribution in [0, 0.1) is 6.92 Å². The van der Waals surface area contributed by atoms with E-state index in [1.165, 1.54) is 18.4 Å². The summed E-state index contributed by atoms with van der Waals surface area (Å²) in [5, 5.41) is 0.686. The summed E-state index contributed by atoms with van der Waals surface area (Å²) in [4.78, 5) is 33.4. The van der Waals surface area contributed by atoms with Gasteiger partial charge in [-0.2, -0.15) is 0 Å². The van der Waals surface area contributed by atoms with Gasteiger partial charge in [0.1, 0.15) is 0 Å². The minimum atomic E-state index is -0.423. The van der Waals surface area contributed by atoms with Crippen molar-refractivity contribution in [1.82, 2.24) is 9.88 Å². The Labute approximate surface area is 186 Å². The molecule has 0 saturated heterocycles. The molecular weight excluding hydrogens is 422 g/mol. The van der Waals surface area contributed by atoms with E-state index in [9.17, 15) is 9.59 Å². The first-order valence-corrected chi connectivity index (χ1v) is 10.2. The SMILES string of the molecule is COC(=O)c1ccc(C(=O)N(CCCN(C)C)c2nc3ccc(C)cc3s2)cc1.Cl. The molecule has 1 heterocycles. The number of halogens is 1. The molecule has 0 fully saturated rings. The van der Waals surface area contributed by atoms with E-state index in [1.54, 1.807) is 29.2 Å². The number of hydrogen-bond donors (Lipinski definition) is 0. The van der Waals surface area contributed by atoms with Gasteiger partial charge in [0, 0.05) is 12.1 Å². The summed E-state index contributed by atoms with van der Waals surface area (Å²) in [6, 6.07) is 12.6. The topological polar surface area (TPSA) is 62.7 Å². The second-order valence-electron chi connectivity index (χ2n) is 7.15. The number of methoxy groups -OCH3 is 1. The highest BCUT2D eigenvalue weighted by atomic mass is 35.5. The van der Waals surface area contributed by atoms with Gasteiger partial charge in [-0.25, -0.2) is 9.78 Å². The number of esters is 1. The number of carbonyl (C=O) groups is 2. The molecule has 8 heteroatoms. The van der Waals surface area contributed by atoms with Crippen LogP contribution in [0.5, 0.6) is 0 Å². The minimum absolute atomic E-state index is 0. The van der Waals surface area contributed by atoms with Crippen molar-refractivity contribution < 1.29 is 14.3 Å². The lowest BCUT2D eigenvalue weighted by Crippen LogP contribution is -2.33. The summed E-state index contributed by atoms with van der Waals surface area (Å²) in [5.41, 5.74) is 2.98. The predicted octanol–water partition coefficient (Wildman–Crippen LogP) is 4.41. The van der Waals surface area contributed by atoms with Crippen LogP contribution in [-0.4, -0.2) is 56.1 Å². The summed E-state index contributed by atoms with van der Waals surface area (Å²) < 4.78 is 5.79. The lowest BCUT2D eigenvalue weighted by atomic mass is 10.1. The minimum Gasteiger partial charge on any atom is -0.465 e. The maximum Gasteiger partial charge on any atom is 0.337 e. The number of aromatic nitrogens is 1. The van der Waals surface area contributed by atoms with Crippen molar-refractivity contribution in [3.63, 3.8) is 0 Å². The highest BCUT2D eigenvalue weighted by Gasteiger charge is 2.21. The average Bonchev–Trinajstić information content (AvgIpc) is 3.12. The molecule has 0 atom stereocenters. The highest BCUT2D eigenvalue weighted by molar-refractivity contribution is 7.22. The van der Waals surface area contributed by atoms with E-state index in [-0.39, 0.29) is 18.3 Å². The predicted molar refractivity (Wildman–Crippen MR) is 124 cm³/mol. The lowest BCUT2D eigenvalue weighted by molar-refractivity contribution is 0.0600. The molecule has 3 aromatic rings. The zero-order valence-corrected chi connectivity index (χ0v) is 19.2. The standard InChI is InChI=1S/C22H25N3O3S.ClH/c1-15-6-11-18-19(14-15)29-22(23-18)25(13-5-12-24(2)3)20(26)16-7-9-17(10-8-16)21(27)28-4;/h6-11,14H,5,12-13H2,1-4H3;1H. The third-order valence-electron chi connectivity index (χ3n) is 4.55. The van der Waals surface area contributed by atoms with Crippen LogP contribution in [-0.2, 0) is 4.74 Å². The molecule has 1 amide bonds. The number of ether oxygens (including phenoxy) is 1. The first-order chi connectivity index (χ1) is 13.9. The van der Waals surface area contributed by atoms with Crippen molar-refractivity contribution in [2.75, 3.05) is 39.2 Å². The van der Waals surface area contributed by atoms with E-state index in [0.717, 1.165) is 28.7 Å². The number of amides is 1. The van der Waals surface area contributed by atoms with E-state index in [1.807, 2.05) is 33.2 Å². The Morgan fingerprint density at radius 2 is 1.70 bits per heavy atom. The van der Waals surface area contributed by atoms with Gasteiger partial charge in [0.15, 0.2) is 5.13 Å². The largest absolute Gasteiger partial charge is 0.465 e. The molecular formula is C22H26ClN3O3S. The molecule has 6 nitrogen and oxygen atoms in total. The number of hydrogen-bond acceptors (Lipinski definition) is 6. The van der Waals surface area contributed by atoms with Crippen molar-refractivity contribution in [3.8, 4) is 0 Å². The van der Waals surface area contributed by atoms with Gasteiger partial charge in [0.05, 0.1) is 22.9 Å². The second kappa shape index (κ2) is 10.5. The summed E-state index contributed by atoms with van der Waals surface area (Å²) >= 11 is 1.52. The van der Waals surface area contributed by atoms with Crippen molar-refractivity contribution in [2.45, 2.75) is 13.3 Å². The summed E-state index contributed by atoms with van der Waals surface area (Å²) in [7, 11) is 5.36. The highest BCUT2D eigenvalue weighted by Crippen LogP contribution is 2.30. The van der Waals surface area contributed by atoms with E-state index in [4.69, 9.17) is 9.72 Å². The smallest absolute Gasteiger partial charge is 0.337 e. The van der Waals surface area contributed by atoms with Crippen LogP contribution in [0.4, 0.5) is 5.13 Å². The summed E-state index contributed by atoms with van der Waals surface area (Å²) in [6.45, 7) is 3.48. The van der Waals surface area contributed by atoms with Gasteiger partial charge in [-0.15, -0.1) is 12.4 Å². The first-order valence-electron chi connectivity index (χ1n) is 9.41. The fourth-order valence-electron chi connectivity index (χ4n) is 2.99. The van der Waals surface area contributed by atoms with Gasteiger partial charge >= 0.3 is 5.97 Å². The molecule has 0 aliphatic carbocycles. The van der Waals surface area contributed by atoms with Crippen molar-refractivity contribution in [3.05, 3.63) is 59.2 Å². The van der Waals surface area contributed by atoms with Gasteiger partial charge in [-0.3, -0.25) is 9.69 Å². The summed E-state index contributed by atoms with van der Waals surface area (Å²) in [5.74, 6) is -0.552. The third-order valence-corrected chi connectivity index (χ3v) is 5.59. The van der Waals surface area contributed by atoms with Crippen molar-refractivity contribution in [1.29, 1.82) is 0 Å². The molecule has 160 valence electrons. The number of anilines is 1. The Morgan fingerprint density at radius 3 is 2.33 bits per heavy atom. The number of nitrogens with zero attached hydrogens (tertiary/aromatic N) is 3. The Hall–Kier alpha value is -2.48. The maximum absolute atomic E-state index is 13.3. The third kappa shape index (κ3) is 5.56. The molecule has 0 saturated carbocycles. The quantitative estimate of drug-likeness (QED) is 0.502. The molecule has 0 aliphatic heterocycles. The van der Waals surface area contributed by atoms with Crippen LogP contribution in [0.1, 0.15) is 32.7 Å². The fraction of sp³-hybridized carbons (Fsp3) is 0.318. The Morgan fingerprint density at radius 1 is 1.03 bits per heavy atom. The maximum atomic E-state index is 13.3. The van der Waals surface area contributed by atoms with E-state index < -0.39 is 5.97 Å². The summed E-state index contributed by atoms with van der Waals surface area (Å²) in [6.07, 6.45) is 0.827. The molecule has 1 aromatic heterocycles. The normalized spacial score (nSPS) is 10.7. The average molecular weight is 448 g/mol. The van der Waals surface area contributed by atoms with Gasteiger partial charge in [0.2, 0.25) is 0 Å². The molecule has 30 heavy (non-hydrogen) atoms. The van der Waals surface area contributed by atoms with Crippen LogP contribution >= 0.6 is 23.7 Å². The van der Waals surface area contributed by atoms with E-state index >= 15 is 0 Å². The monoisotopic (exact) mass is 447 g/mol. The number of benzene rings is 2. The Balaban J connectivity index is 0.00000320. The molecule has 0 bridgehead atoms. The number of thiazole rings is 1. The Kier molecular flexibility index (Phi) is 8.34. The molecule has 0 unspecified atom stereocenters. The van der Waals surface area contributed by atoms with Crippen LogP contribution in [0.25, 0.3) is 10.2 Å². The number of aryl methyl sites for hydroxylation is 1. The zero-order chi connectivity index (χ0) is 21.0. The van der Waals surface area contributed by atoms with Crippen LogP contribution in [0.15, 0.2) is 42.5 Å². The molecule has 0 aliphatic rings. The second-order valence-corrected chi connectivity index (χ2v) is 8.16. The number of rotatable bonds is 7. The van der Waals surface area contributed by atoms with E-state index in [0.29, 0.717) is 22.8 Å². The van der Waals surface area contributed by atoms with Crippen LogP contribution in [0.2, 0.25) is 0 Å². The van der Waals surface area contributed by atoms with Gasteiger partial charge in [0.25, 0.3) is 5.91 Å². The fourth-order valence-corrected chi connectivity index (χ4v) is 4.07. The van der Waals surface area contributed by atoms with Gasteiger partial charge in [-0.1, -0.05) is 17.4 Å². The van der Waals surface area contributed by atoms with Crippen LogP contribution < -0.4 is 4.90 Å². The van der Waals surface area contributed by atoms with Gasteiger partial charge < -0.3 is 9.64 Å². The Bertz CT molecular complexity index is 1020. The molecule has 0 N–H and O–H groups in total. The molecule has 2 aromatic carbocycles. The van der Waals surface area contributed by atoms with Crippen molar-refractivity contribution in [2.24, 2.45) is 0 Å². The molecule has 0 spiro atoms. The number of fused-ring (bicyclic) bond motifs is 1. The van der Waals surface area contributed by atoms with E-state index in [2.05, 4.69) is 11.0 Å². The zero-order valence-electron chi connectivity index (χ0n) is 17.5. The molecule has 3 rings (SSSR count). The lowest BCUT2D eigenvalue weighted by Gasteiger charge is -2.21. The number of carbonyl (C=O) groups excluding carboxylic acids is 2. The van der Waals surface area contributed by atoms with Gasteiger partial charge in [-0.05, 0) is 75.9 Å². The van der Waals surface area contributed by atoms with Crippen LogP contribution in [0.3, 0.4) is 0 Å². The molecule has 0 radical (unpaired) electrons. The van der Waals surface area contributed by atoms with Crippen molar-refractivity contribution >= 4 is 51.0 Å².